The first-order valence-corrected chi connectivity index (χ1v) is 7.65. The summed E-state index contributed by atoms with van der Waals surface area (Å²) < 4.78 is 5.16. The minimum atomic E-state index is 0.722. The van der Waals surface area contributed by atoms with Crippen LogP contribution in [0.5, 0.6) is 5.75 Å². The highest BCUT2D eigenvalue weighted by molar-refractivity contribution is 7.80. The van der Waals surface area contributed by atoms with Crippen molar-refractivity contribution in [2.75, 3.05) is 20.2 Å². The maximum absolute atomic E-state index is 5.52. The lowest BCUT2D eigenvalue weighted by Gasteiger charge is -2.36. The van der Waals surface area contributed by atoms with E-state index in [0.717, 1.165) is 42.3 Å². The molecule has 2 rings (SSSR count). The average molecular weight is 292 g/mol. The average Bonchev–Trinajstić information content (AvgIpc) is 2.44. The predicted octanol–water partition coefficient (Wildman–Crippen LogP) is 3.05. The zero-order valence-electron chi connectivity index (χ0n) is 12.6. The van der Waals surface area contributed by atoms with Crippen LogP contribution in [0.1, 0.15) is 25.8 Å². The van der Waals surface area contributed by atoms with Gasteiger partial charge in [-0.15, -0.1) is 0 Å². The molecule has 1 fully saturated rings. The lowest BCUT2D eigenvalue weighted by Crippen LogP contribution is -2.47. The van der Waals surface area contributed by atoms with Crippen molar-refractivity contribution in [1.82, 2.24) is 10.2 Å². The van der Waals surface area contributed by atoms with E-state index in [1.165, 1.54) is 12.0 Å². The first-order chi connectivity index (χ1) is 9.58. The molecule has 4 heteroatoms. The van der Waals surface area contributed by atoms with Crippen molar-refractivity contribution in [2.45, 2.75) is 26.8 Å². The number of hydrogen-bond acceptors (Lipinski definition) is 2. The second-order valence-corrected chi connectivity index (χ2v) is 6.24. The van der Waals surface area contributed by atoms with E-state index < -0.39 is 0 Å². The number of rotatable bonds is 3. The van der Waals surface area contributed by atoms with Crippen LogP contribution in [0.2, 0.25) is 0 Å². The van der Waals surface area contributed by atoms with Gasteiger partial charge < -0.3 is 15.0 Å². The molecule has 0 unspecified atom stereocenters. The lowest BCUT2D eigenvalue weighted by atomic mass is 9.92. The van der Waals surface area contributed by atoms with Gasteiger partial charge in [-0.1, -0.05) is 26.0 Å². The van der Waals surface area contributed by atoms with E-state index in [1.807, 2.05) is 12.1 Å². The van der Waals surface area contributed by atoms with Crippen molar-refractivity contribution in [3.05, 3.63) is 29.8 Å². The van der Waals surface area contributed by atoms with E-state index in [2.05, 4.69) is 36.2 Å². The van der Waals surface area contributed by atoms with Gasteiger partial charge >= 0.3 is 0 Å². The number of ether oxygens (including phenoxy) is 1. The van der Waals surface area contributed by atoms with Gasteiger partial charge in [-0.3, -0.25) is 0 Å². The fraction of sp³-hybridized carbons (Fsp3) is 0.562. The summed E-state index contributed by atoms with van der Waals surface area (Å²) in [5.41, 5.74) is 1.21. The molecule has 1 saturated heterocycles. The van der Waals surface area contributed by atoms with E-state index in [9.17, 15) is 0 Å². The van der Waals surface area contributed by atoms with Crippen molar-refractivity contribution in [3.63, 3.8) is 0 Å². The largest absolute Gasteiger partial charge is 0.497 e. The quantitative estimate of drug-likeness (QED) is 0.866. The Bertz CT molecular complexity index is 436. The normalized spacial score (nSPS) is 22.4. The Balaban J connectivity index is 1.84. The molecular formula is C16H24N2OS. The zero-order chi connectivity index (χ0) is 14.5. The standard InChI is InChI=1S/C16H24N2OS/c1-12-8-13(2)11-18(10-12)16(20)17-9-14-4-6-15(19-3)7-5-14/h4-7,12-13H,8-11H2,1-3H3,(H,17,20)/t12-,13+. The van der Waals surface area contributed by atoms with Crippen LogP contribution in [0.25, 0.3) is 0 Å². The first-order valence-electron chi connectivity index (χ1n) is 7.24. The van der Waals surface area contributed by atoms with E-state index >= 15 is 0 Å². The Hall–Kier alpha value is -1.29. The third-order valence-corrected chi connectivity index (χ3v) is 4.16. The highest BCUT2D eigenvalue weighted by Crippen LogP contribution is 2.21. The number of piperidine rings is 1. The van der Waals surface area contributed by atoms with Crippen LogP contribution >= 0.6 is 12.2 Å². The van der Waals surface area contributed by atoms with Crippen LogP contribution in [0.4, 0.5) is 0 Å². The van der Waals surface area contributed by atoms with E-state index in [0.29, 0.717) is 0 Å². The highest BCUT2D eigenvalue weighted by atomic mass is 32.1. The molecule has 0 saturated carbocycles. The lowest BCUT2D eigenvalue weighted by molar-refractivity contribution is 0.212. The molecule has 0 bridgehead atoms. The van der Waals surface area contributed by atoms with E-state index in [-0.39, 0.29) is 0 Å². The summed E-state index contributed by atoms with van der Waals surface area (Å²) in [6, 6.07) is 8.09. The van der Waals surface area contributed by atoms with Crippen molar-refractivity contribution in [3.8, 4) is 5.75 Å². The molecule has 3 nitrogen and oxygen atoms in total. The Morgan fingerprint density at radius 2 is 1.85 bits per heavy atom. The summed E-state index contributed by atoms with van der Waals surface area (Å²) >= 11 is 5.52. The van der Waals surface area contributed by atoms with Crippen LogP contribution < -0.4 is 10.1 Å². The molecule has 1 aromatic carbocycles. The van der Waals surface area contributed by atoms with Crippen molar-refractivity contribution in [1.29, 1.82) is 0 Å². The summed E-state index contributed by atoms with van der Waals surface area (Å²) in [5.74, 6) is 2.33. The van der Waals surface area contributed by atoms with Crippen molar-refractivity contribution >= 4 is 17.3 Å². The van der Waals surface area contributed by atoms with E-state index in [4.69, 9.17) is 17.0 Å². The fourth-order valence-corrected chi connectivity index (χ4v) is 3.08. The van der Waals surface area contributed by atoms with Gasteiger partial charge in [0.15, 0.2) is 5.11 Å². The molecule has 20 heavy (non-hydrogen) atoms. The van der Waals surface area contributed by atoms with Crippen molar-refractivity contribution < 1.29 is 4.74 Å². The maximum atomic E-state index is 5.52. The number of benzene rings is 1. The molecule has 1 aliphatic rings. The topological polar surface area (TPSA) is 24.5 Å². The van der Waals surface area contributed by atoms with Gasteiger partial charge in [0.2, 0.25) is 0 Å². The number of nitrogens with zero attached hydrogens (tertiary/aromatic N) is 1. The molecule has 0 aliphatic carbocycles. The highest BCUT2D eigenvalue weighted by Gasteiger charge is 2.23. The molecule has 1 aliphatic heterocycles. The minimum Gasteiger partial charge on any atom is -0.497 e. The van der Waals surface area contributed by atoms with Crippen LogP contribution in [-0.2, 0) is 6.54 Å². The molecule has 110 valence electrons. The Morgan fingerprint density at radius 1 is 1.25 bits per heavy atom. The molecular weight excluding hydrogens is 268 g/mol. The van der Waals surface area contributed by atoms with Gasteiger partial charge in [-0.25, -0.2) is 0 Å². The molecule has 1 aromatic rings. The number of nitrogens with one attached hydrogen (secondary N) is 1. The summed E-state index contributed by atoms with van der Waals surface area (Å²) in [7, 11) is 1.68. The molecule has 0 aromatic heterocycles. The molecule has 0 spiro atoms. The SMILES string of the molecule is COc1ccc(CNC(=S)N2C[C@H](C)C[C@H](C)C2)cc1. The number of likely N-dealkylation sites (tertiary alicyclic amines) is 1. The van der Waals surface area contributed by atoms with Gasteiger partial charge in [0.05, 0.1) is 7.11 Å². The predicted molar refractivity (Wildman–Crippen MR) is 86.9 cm³/mol. The monoisotopic (exact) mass is 292 g/mol. The van der Waals surface area contributed by atoms with Gasteiger partial charge in [0.25, 0.3) is 0 Å². The Labute approximate surface area is 127 Å². The van der Waals surface area contributed by atoms with Crippen LogP contribution in [0.15, 0.2) is 24.3 Å². The summed E-state index contributed by atoms with van der Waals surface area (Å²) in [6.07, 6.45) is 1.30. The van der Waals surface area contributed by atoms with Gasteiger partial charge in [-0.2, -0.15) is 0 Å². The number of methoxy groups -OCH3 is 1. The Morgan fingerprint density at radius 3 is 2.40 bits per heavy atom. The second-order valence-electron chi connectivity index (χ2n) is 5.86. The van der Waals surface area contributed by atoms with Crippen LogP contribution in [0.3, 0.4) is 0 Å². The number of thiocarbonyl (C=S) groups is 1. The summed E-state index contributed by atoms with van der Waals surface area (Å²) in [4.78, 5) is 2.30. The Kier molecular flexibility index (Phi) is 5.24. The number of hydrogen-bond donors (Lipinski definition) is 1. The molecule has 0 radical (unpaired) electrons. The first kappa shape index (κ1) is 15.1. The smallest absolute Gasteiger partial charge is 0.169 e. The summed E-state index contributed by atoms with van der Waals surface area (Å²) in [5, 5.41) is 4.24. The van der Waals surface area contributed by atoms with Crippen LogP contribution in [0, 0.1) is 11.8 Å². The maximum Gasteiger partial charge on any atom is 0.169 e. The van der Waals surface area contributed by atoms with E-state index in [1.54, 1.807) is 7.11 Å². The molecule has 1 heterocycles. The van der Waals surface area contributed by atoms with Crippen LogP contribution in [-0.4, -0.2) is 30.2 Å². The molecule has 0 amide bonds. The third-order valence-electron chi connectivity index (χ3n) is 3.76. The fourth-order valence-electron chi connectivity index (χ4n) is 2.86. The second kappa shape index (κ2) is 6.93. The molecule has 1 N–H and O–H groups in total. The molecule has 2 atom stereocenters. The zero-order valence-corrected chi connectivity index (χ0v) is 13.4. The van der Waals surface area contributed by atoms with Crippen molar-refractivity contribution in [2.24, 2.45) is 11.8 Å². The minimum absolute atomic E-state index is 0.722. The van der Waals surface area contributed by atoms with Gasteiger partial charge in [0.1, 0.15) is 5.75 Å². The summed E-state index contributed by atoms with van der Waals surface area (Å²) in [6.45, 7) is 7.50. The van der Waals surface area contributed by atoms with Gasteiger partial charge in [-0.05, 0) is 48.2 Å². The van der Waals surface area contributed by atoms with Gasteiger partial charge in [0, 0.05) is 19.6 Å². The third kappa shape index (κ3) is 4.10.